The van der Waals surface area contributed by atoms with Gasteiger partial charge in [-0.3, -0.25) is 0 Å². The van der Waals surface area contributed by atoms with Crippen molar-refractivity contribution in [3.05, 3.63) is 27.7 Å². The quantitative estimate of drug-likeness (QED) is 0.834. The molecule has 0 aromatic heterocycles. The minimum atomic E-state index is 0.677. The van der Waals surface area contributed by atoms with Crippen molar-refractivity contribution in [1.29, 1.82) is 0 Å². The predicted octanol–water partition coefficient (Wildman–Crippen LogP) is 4.70. The average molecular weight is 301 g/mol. The fraction of sp³-hybridized carbons (Fsp3) is 0.538. The van der Waals surface area contributed by atoms with E-state index in [1.54, 1.807) is 0 Å². The highest BCUT2D eigenvalue weighted by Crippen LogP contribution is 2.46. The largest absolute Gasteiger partial charge is 0.381 e. The summed E-state index contributed by atoms with van der Waals surface area (Å²) in [5.74, 6) is 1.88. The van der Waals surface area contributed by atoms with Crippen molar-refractivity contribution in [1.82, 2.24) is 0 Å². The first-order chi connectivity index (χ1) is 7.72. The second-order valence-electron chi connectivity index (χ2n) is 5.05. The van der Waals surface area contributed by atoms with Crippen LogP contribution in [0.4, 0.5) is 5.69 Å². The summed E-state index contributed by atoms with van der Waals surface area (Å²) in [5.41, 5.74) is 1.18. The van der Waals surface area contributed by atoms with Gasteiger partial charge in [0.2, 0.25) is 0 Å². The van der Waals surface area contributed by atoms with Gasteiger partial charge >= 0.3 is 0 Å². The van der Waals surface area contributed by atoms with E-state index in [4.69, 9.17) is 11.6 Å². The Balaban J connectivity index is 1.74. The lowest BCUT2D eigenvalue weighted by atomic mass is 9.95. The highest BCUT2D eigenvalue weighted by molar-refractivity contribution is 9.10. The molecule has 3 unspecified atom stereocenters. The first-order valence-electron chi connectivity index (χ1n) is 5.94. The number of fused-ring (bicyclic) bond motifs is 2. The molecule has 1 N–H and O–H groups in total. The van der Waals surface area contributed by atoms with Gasteiger partial charge in [0.1, 0.15) is 0 Å². The molecule has 1 nitrogen and oxygen atoms in total. The summed E-state index contributed by atoms with van der Waals surface area (Å²) in [6.45, 7) is 0. The van der Waals surface area contributed by atoms with E-state index in [0.29, 0.717) is 6.04 Å². The summed E-state index contributed by atoms with van der Waals surface area (Å²) in [4.78, 5) is 0. The molecule has 0 saturated heterocycles. The van der Waals surface area contributed by atoms with Crippen LogP contribution in [0.2, 0.25) is 5.02 Å². The Labute approximate surface area is 110 Å². The van der Waals surface area contributed by atoms with E-state index < -0.39 is 0 Å². The van der Waals surface area contributed by atoms with Crippen LogP contribution in [-0.2, 0) is 0 Å². The molecule has 2 fully saturated rings. The Bertz CT molecular complexity index is 407. The Morgan fingerprint density at radius 1 is 1.25 bits per heavy atom. The van der Waals surface area contributed by atoms with Crippen molar-refractivity contribution < 1.29 is 0 Å². The van der Waals surface area contributed by atoms with Crippen molar-refractivity contribution in [2.45, 2.75) is 31.7 Å². The van der Waals surface area contributed by atoms with E-state index in [0.717, 1.165) is 21.3 Å². The van der Waals surface area contributed by atoms with E-state index in [1.807, 2.05) is 12.1 Å². The monoisotopic (exact) mass is 299 g/mol. The van der Waals surface area contributed by atoms with Crippen LogP contribution in [-0.4, -0.2) is 6.04 Å². The molecule has 0 heterocycles. The van der Waals surface area contributed by atoms with Crippen LogP contribution in [0.1, 0.15) is 25.7 Å². The maximum Gasteiger partial charge on any atom is 0.0487 e. The third kappa shape index (κ3) is 1.98. The molecule has 0 aliphatic heterocycles. The standard InChI is InChI=1S/C13H15BrClN/c14-11-7-10(15)3-4-12(11)16-13-6-8-1-2-9(13)5-8/h3-4,7-9,13,16H,1-2,5-6H2. The molecule has 1 aromatic rings. The lowest BCUT2D eigenvalue weighted by Gasteiger charge is -2.24. The molecule has 2 aliphatic carbocycles. The second kappa shape index (κ2) is 4.23. The Hall–Kier alpha value is -0.210. The van der Waals surface area contributed by atoms with Crippen LogP contribution in [0.15, 0.2) is 22.7 Å². The van der Waals surface area contributed by atoms with Crippen molar-refractivity contribution >= 4 is 33.2 Å². The number of hydrogen-bond donors (Lipinski definition) is 1. The summed E-state index contributed by atoms with van der Waals surface area (Å²) in [7, 11) is 0. The van der Waals surface area contributed by atoms with E-state index in [1.165, 1.54) is 31.4 Å². The molecule has 2 saturated carbocycles. The summed E-state index contributed by atoms with van der Waals surface area (Å²) in [6, 6.07) is 6.65. The molecular formula is C13H15BrClN. The van der Waals surface area contributed by atoms with Gasteiger partial charge in [-0.05, 0) is 65.2 Å². The average Bonchev–Trinajstić information content (AvgIpc) is 2.84. The van der Waals surface area contributed by atoms with Gasteiger partial charge in [0.25, 0.3) is 0 Å². The number of hydrogen-bond acceptors (Lipinski definition) is 1. The molecular weight excluding hydrogens is 286 g/mol. The van der Waals surface area contributed by atoms with Gasteiger partial charge in [-0.25, -0.2) is 0 Å². The third-order valence-electron chi connectivity index (χ3n) is 4.01. The normalized spacial score (nSPS) is 32.0. The van der Waals surface area contributed by atoms with E-state index in [2.05, 4.69) is 27.3 Å². The van der Waals surface area contributed by atoms with Crippen LogP contribution < -0.4 is 5.32 Å². The fourth-order valence-electron chi connectivity index (χ4n) is 3.23. The first kappa shape index (κ1) is 10.9. The summed E-state index contributed by atoms with van der Waals surface area (Å²) in [6.07, 6.45) is 5.64. The zero-order chi connectivity index (χ0) is 11.1. The molecule has 3 rings (SSSR count). The molecule has 0 radical (unpaired) electrons. The topological polar surface area (TPSA) is 12.0 Å². The Morgan fingerprint density at radius 3 is 2.75 bits per heavy atom. The molecule has 3 atom stereocenters. The van der Waals surface area contributed by atoms with Gasteiger partial charge in [-0.15, -0.1) is 0 Å². The van der Waals surface area contributed by atoms with Gasteiger partial charge in [0.05, 0.1) is 0 Å². The van der Waals surface area contributed by atoms with E-state index in [-0.39, 0.29) is 0 Å². The molecule has 1 aromatic carbocycles. The van der Waals surface area contributed by atoms with Crippen LogP contribution in [0.25, 0.3) is 0 Å². The number of benzene rings is 1. The lowest BCUT2D eigenvalue weighted by molar-refractivity contribution is 0.439. The van der Waals surface area contributed by atoms with Crippen molar-refractivity contribution in [2.24, 2.45) is 11.8 Å². The summed E-state index contributed by atoms with van der Waals surface area (Å²) >= 11 is 9.50. The van der Waals surface area contributed by atoms with E-state index in [9.17, 15) is 0 Å². The van der Waals surface area contributed by atoms with Crippen molar-refractivity contribution in [3.63, 3.8) is 0 Å². The van der Waals surface area contributed by atoms with Crippen molar-refractivity contribution in [3.8, 4) is 0 Å². The SMILES string of the molecule is Clc1ccc(NC2CC3CCC2C3)c(Br)c1. The maximum absolute atomic E-state index is 5.94. The van der Waals surface area contributed by atoms with Gasteiger partial charge in [-0.1, -0.05) is 18.0 Å². The Kier molecular flexibility index (Phi) is 2.88. The maximum atomic E-state index is 5.94. The molecule has 2 bridgehead atoms. The zero-order valence-electron chi connectivity index (χ0n) is 9.05. The number of nitrogens with one attached hydrogen (secondary N) is 1. The number of halogens is 2. The zero-order valence-corrected chi connectivity index (χ0v) is 11.4. The smallest absolute Gasteiger partial charge is 0.0487 e. The molecule has 16 heavy (non-hydrogen) atoms. The summed E-state index contributed by atoms with van der Waals surface area (Å²) < 4.78 is 1.07. The second-order valence-corrected chi connectivity index (χ2v) is 6.34. The third-order valence-corrected chi connectivity index (χ3v) is 4.90. The van der Waals surface area contributed by atoms with Crippen molar-refractivity contribution in [2.75, 3.05) is 5.32 Å². The Morgan fingerprint density at radius 2 is 2.12 bits per heavy atom. The van der Waals surface area contributed by atoms with Crippen LogP contribution in [0.5, 0.6) is 0 Å². The molecule has 3 heteroatoms. The lowest BCUT2D eigenvalue weighted by Crippen LogP contribution is -2.25. The van der Waals surface area contributed by atoms with Gasteiger partial charge in [0, 0.05) is 21.2 Å². The molecule has 0 amide bonds. The van der Waals surface area contributed by atoms with E-state index >= 15 is 0 Å². The van der Waals surface area contributed by atoms with Gasteiger partial charge < -0.3 is 5.32 Å². The fourth-order valence-corrected chi connectivity index (χ4v) is 4.02. The summed E-state index contributed by atoms with van der Waals surface area (Å²) in [5, 5.41) is 4.45. The minimum Gasteiger partial charge on any atom is -0.381 e. The van der Waals surface area contributed by atoms with Gasteiger partial charge in [0.15, 0.2) is 0 Å². The number of anilines is 1. The molecule has 86 valence electrons. The van der Waals surface area contributed by atoms with Crippen LogP contribution in [0.3, 0.4) is 0 Å². The van der Waals surface area contributed by atoms with Crippen LogP contribution >= 0.6 is 27.5 Å². The van der Waals surface area contributed by atoms with Crippen LogP contribution in [0, 0.1) is 11.8 Å². The molecule has 0 spiro atoms. The minimum absolute atomic E-state index is 0.677. The van der Waals surface area contributed by atoms with Gasteiger partial charge in [-0.2, -0.15) is 0 Å². The molecule has 2 aliphatic rings. The number of rotatable bonds is 2. The predicted molar refractivity (Wildman–Crippen MR) is 72.0 cm³/mol. The first-order valence-corrected chi connectivity index (χ1v) is 7.11. The highest BCUT2D eigenvalue weighted by atomic mass is 79.9. The highest BCUT2D eigenvalue weighted by Gasteiger charge is 2.39.